The van der Waals surface area contributed by atoms with Gasteiger partial charge in [0.25, 0.3) is 0 Å². The highest BCUT2D eigenvalue weighted by molar-refractivity contribution is 5.61. The Bertz CT molecular complexity index is 670. The Hall–Kier alpha value is -3.02. The number of hydrogen-bond acceptors (Lipinski definition) is 5. The fourth-order valence-electron chi connectivity index (χ4n) is 1.85. The zero-order chi connectivity index (χ0) is 18.1. The van der Waals surface area contributed by atoms with Crippen LogP contribution in [0.2, 0.25) is 0 Å². The lowest BCUT2D eigenvalue weighted by atomic mass is 10.2. The van der Waals surface area contributed by atoms with Crippen molar-refractivity contribution >= 4 is 5.69 Å². The van der Waals surface area contributed by atoms with E-state index in [4.69, 9.17) is 14.2 Å². The Morgan fingerprint density at radius 1 is 1.04 bits per heavy atom. The van der Waals surface area contributed by atoms with Crippen LogP contribution >= 0.6 is 0 Å². The standard InChI is InChI=1S/C15H15NO5.C3H6/c1-10-4-6-11(7-5-10)21-12-8-13(19-2)15(16(17)18)14(9-12)20-3;1-3-2/h4-9H,1-3H3;3H,1H2,2H3. The van der Waals surface area contributed by atoms with Gasteiger partial charge in [-0.1, -0.05) is 23.8 Å². The zero-order valence-electron chi connectivity index (χ0n) is 14.2. The molecule has 0 unspecified atom stereocenters. The predicted octanol–water partition coefficient (Wildman–Crippen LogP) is 4.91. The summed E-state index contributed by atoms with van der Waals surface area (Å²) in [5.74, 6) is 1.19. The molecule has 2 aromatic rings. The Labute approximate surface area is 141 Å². The highest BCUT2D eigenvalue weighted by Gasteiger charge is 2.24. The monoisotopic (exact) mass is 331 g/mol. The van der Waals surface area contributed by atoms with E-state index in [9.17, 15) is 10.1 Å². The minimum absolute atomic E-state index is 0.0847. The zero-order valence-corrected chi connectivity index (χ0v) is 14.2. The van der Waals surface area contributed by atoms with E-state index in [0.717, 1.165) is 5.56 Å². The van der Waals surface area contributed by atoms with Crippen LogP contribution in [0.1, 0.15) is 12.5 Å². The smallest absolute Gasteiger partial charge is 0.352 e. The van der Waals surface area contributed by atoms with Gasteiger partial charge < -0.3 is 14.2 Å². The molecule has 128 valence electrons. The number of allylic oxidation sites excluding steroid dienone is 1. The summed E-state index contributed by atoms with van der Waals surface area (Å²) in [5, 5.41) is 11.1. The molecule has 0 aliphatic rings. The number of hydrogen-bond donors (Lipinski definition) is 0. The molecule has 2 rings (SSSR count). The van der Waals surface area contributed by atoms with Crippen LogP contribution in [0, 0.1) is 17.0 Å². The first-order chi connectivity index (χ1) is 11.5. The molecule has 0 aliphatic carbocycles. The van der Waals surface area contributed by atoms with Crippen molar-refractivity contribution in [1.29, 1.82) is 0 Å². The predicted molar refractivity (Wildman–Crippen MR) is 93.3 cm³/mol. The highest BCUT2D eigenvalue weighted by atomic mass is 16.6. The molecule has 0 aliphatic heterocycles. The second kappa shape index (κ2) is 9.19. The second-order valence-electron chi connectivity index (χ2n) is 4.76. The first kappa shape index (κ1) is 19.0. The topological polar surface area (TPSA) is 70.8 Å². The lowest BCUT2D eigenvalue weighted by Gasteiger charge is -2.11. The van der Waals surface area contributed by atoms with Crippen LogP contribution in [0.5, 0.6) is 23.0 Å². The average Bonchev–Trinajstić information content (AvgIpc) is 2.56. The molecule has 6 nitrogen and oxygen atoms in total. The number of ether oxygens (including phenoxy) is 3. The first-order valence-corrected chi connectivity index (χ1v) is 7.18. The van der Waals surface area contributed by atoms with Crippen LogP contribution in [0.25, 0.3) is 0 Å². The maximum absolute atomic E-state index is 11.1. The van der Waals surface area contributed by atoms with Gasteiger partial charge >= 0.3 is 5.69 Å². The number of nitrogens with zero attached hydrogens (tertiary/aromatic N) is 1. The summed E-state index contributed by atoms with van der Waals surface area (Å²) in [7, 11) is 2.72. The highest BCUT2D eigenvalue weighted by Crippen LogP contribution is 2.41. The minimum atomic E-state index is -0.548. The van der Waals surface area contributed by atoms with Gasteiger partial charge in [0.2, 0.25) is 11.5 Å². The van der Waals surface area contributed by atoms with Crippen molar-refractivity contribution in [2.24, 2.45) is 0 Å². The Morgan fingerprint density at radius 2 is 1.50 bits per heavy atom. The van der Waals surface area contributed by atoms with Crippen molar-refractivity contribution in [2.45, 2.75) is 13.8 Å². The normalized spacial score (nSPS) is 9.33. The fourth-order valence-corrected chi connectivity index (χ4v) is 1.85. The fraction of sp³-hybridized carbons (Fsp3) is 0.222. The van der Waals surface area contributed by atoms with Crippen LogP contribution in [-0.4, -0.2) is 19.1 Å². The maximum atomic E-state index is 11.1. The van der Waals surface area contributed by atoms with Crippen molar-refractivity contribution in [3.8, 4) is 23.0 Å². The van der Waals surface area contributed by atoms with Gasteiger partial charge in [0, 0.05) is 12.1 Å². The molecule has 0 bridgehead atoms. The van der Waals surface area contributed by atoms with Crippen LogP contribution in [0.15, 0.2) is 49.1 Å². The van der Waals surface area contributed by atoms with Crippen LogP contribution in [0.4, 0.5) is 5.69 Å². The lowest BCUT2D eigenvalue weighted by molar-refractivity contribution is -0.386. The van der Waals surface area contributed by atoms with E-state index >= 15 is 0 Å². The van der Waals surface area contributed by atoms with Crippen LogP contribution in [0.3, 0.4) is 0 Å². The van der Waals surface area contributed by atoms with Crippen molar-refractivity contribution in [1.82, 2.24) is 0 Å². The van der Waals surface area contributed by atoms with E-state index in [1.807, 2.05) is 38.1 Å². The molecular weight excluding hydrogens is 310 g/mol. The van der Waals surface area contributed by atoms with Gasteiger partial charge in [0.15, 0.2) is 0 Å². The molecule has 2 aromatic carbocycles. The third-order valence-corrected chi connectivity index (χ3v) is 2.89. The first-order valence-electron chi connectivity index (χ1n) is 7.18. The number of methoxy groups -OCH3 is 2. The summed E-state index contributed by atoms with van der Waals surface area (Å²) < 4.78 is 15.8. The maximum Gasteiger partial charge on any atom is 0.352 e. The van der Waals surface area contributed by atoms with E-state index < -0.39 is 4.92 Å². The van der Waals surface area contributed by atoms with E-state index in [0.29, 0.717) is 11.5 Å². The summed E-state index contributed by atoms with van der Waals surface area (Å²) in [4.78, 5) is 10.5. The summed E-state index contributed by atoms with van der Waals surface area (Å²) in [5.41, 5.74) is 0.887. The number of nitro benzene ring substituents is 1. The molecule has 0 saturated heterocycles. The van der Waals surface area contributed by atoms with Crippen molar-refractivity contribution in [3.05, 3.63) is 64.7 Å². The largest absolute Gasteiger partial charge is 0.490 e. The molecule has 24 heavy (non-hydrogen) atoms. The number of nitro groups is 1. The molecule has 0 saturated carbocycles. The van der Waals surface area contributed by atoms with Crippen molar-refractivity contribution in [3.63, 3.8) is 0 Å². The third-order valence-electron chi connectivity index (χ3n) is 2.89. The summed E-state index contributed by atoms with van der Waals surface area (Å²) in [6, 6.07) is 10.4. The minimum Gasteiger partial charge on any atom is -0.490 e. The second-order valence-corrected chi connectivity index (χ2v) is 4.76. The van der Waals surface area contributed by atoms with Gasteiger partial charge in [0.1, 0.15) is 11.5 Å². The third kappa shape index (κ3) is 5.01. The molecule has 0 aromatic heterocycles. The number of benzene rings is 2. The molecule has 0 fully saturated rings. The SMILES string of the molecule is C=CC.COc1cc(Oc2ccc(C)cc2)cc(OC)c1[N+](=O)[O-]. The summed E-state index contributed by atoms with van der Waals surface area (Å²) in [6.45, 7) is 7.22. The average molecular weight is 331 g/mol. The number of aryl methyl sites for hydroxylation is 1. The molecule has 0 spiro atoms. The molecule has 6 heteroatoms. The van der Waals surface area contributed by atoms with E-state index in [1.54, 1.807) is 6.08 Å². The quantitative estimate of drug-likeness (QED) is 0.442. The van der Waals surface area contributed by atoms with E-state index in [2.05, 4.69) is 6.58 Å². The van der Waals surface area contributed by atoms with Gasteiger partial charge in [-0.3, -0.25) is 10.1 Å². The molecule has 0 N–H and O–H groups in total. The molecule has 0 heterocycles. The summed E-state index contributed by atoms with van der Waals surface area (Å²) in [6.07, 6.45) is 1.75. The van der Waals surface area contributed by atoms with Crippen molar-refractivity contribution in [2.75, 3.05) is 14.2 Å². The van der Waals surface area contributed by atoms with Gasteiger partial charge in [-0.25, -0.2) is 0 Å². The Balaban J connectivity index is 0.000000891. The van der Waals surface area contributed by atoms with Crippen LogP contribution < -0.4 is 14.2 Å². The Kier molecular flexibility index (Phi) is 7.29. The van der Waals surface area contributed by atoms with Crippen molar-refractivity contribution < 1.29 is 19.1 Å². The molecule has 0 radical (unpaired) electrons. The van der Waals surface area contributed by atoms with Gasteiger partial charge in [-0.2, -0.15) is 0 Å². The lowest BCUT2D eigenvalue weighted by Crippen LogP contribution is -1.98. The van der Waals surface area contributed by atoms with E-state index in [1.165, 1.54) is 26.4 Å². The van der Waals surface area contributed by atoms with Gasteiger partial charge in [-0.15, -0.1) is 6.58 Å². The Morgan fingerprint density at radius 3 is 1.88 bits per heavy atom. The molecular formula is C18H21NO5. The van der Waals surface area contributed by atoms with Crippen LogP contribution in [-0.2, 0) is 0 Å². The summed E-state index contributed by atoms with van der Waals surface area (Å²) >= 11 is 0. The molecule has 0 atom stereocenters. The molecule has 0 amide bonds. The number of rotatable bonds is 5. The van der Waals surface area contributed by atoms with E-state index in [-0.39, 0.29) is 17.2 Å². The van der Waals surface area contributed by atoms with Gasteiger partial charge in [-0.05, 0) is 26.0 Å². The van der Waals surface area contributed by atoms with Gasteiger partial charge in [0.05, 0.1) is 19.1 Å².